The van der Waals surface area contributed by atoms with Gasteiger partial charge in [0.1, 0.15) is 5.60 Å². The summed E-state index contributed by atoms with van der Waals surface area (Å²) in [4.78, 5) is 41.0. The monoisotopic (exact) mass is 437 g/mol. The number of carboxylic acid groups (broad SMARTS) is 1. The Morgan fingerprint density at radius 3 is 2.66 bits per heavy atom. The van der Waals surface area contributed by atoms with Crippen molar-refractivity contribution in [2.75, 3.05) is 5.32 Å². The quantitative estimate of drug-likeness (QED) is 0.594. The summed E-state index contributed by atoms with van der Waals surface area (Å²) in [6.07, 6.45) is 5.00. The molecule has 1 aliphatic rings. The van der Waals surface area contributed by atoms with Gasteiger partial charge in [0.15, 0.2) is 0 Å². The van der Waals surface area contributed by atoms with Crippen LogP contribution in [0.25, 0.3) is 11.1 Å². The molecule has 0 radical (unpaired) electrons. The molecule has 1 aromatic heterocycles. The highest BCUT2D eigenvalue weighted by atomic mass is 16.6. The van der Waals surface area contributed by atoms with E-state index in [1.807, 2.05) is 6.08 Å². The van der Waals surface area contributed by atoms with Crippen LogP contribution in [-0.4, -0.2) is 33.7 Å². The van der Waals surface area contributed by atoms with Gasteiger partial charge in [-0.25, -0.2) is 9.59 Å². The first-order valence-electron chi connectivity index (χ1n) is 10.3. The molecule has 2 bridgehead atoms. The van der Waals surface area contributed by atoms with E-state index in [2.05, 4.69) is 15.6 Å². The summed E-state index contributed by atoms with van der Waals surface area (Å²) in [6, 6.07) is 7.55. The molecule has 2 atom stereocenters. The number of carboxylic acids is 1. The minimum Gasteiger partial charge on any atom is -0.478 e. The van der Waals surface area contributed by atoms with Gasteiger partial charge in [0.05, 0.1) is 23.2 Å². The highest BCUT2D eigenvalue weighted by Crippen LogP contribution is 2.32. The van der Waals surface area contributed by atoms with E-state index >= 15 is 0 Å². The zero-order chi connectivity index (χ0) is 23.5. The Labute approximate surface area is 186 Å². The van der Waals surface area contributed by atoms with Crippen LogP contribution in [0.15, 0.2) is 48.7 Å². The van der Waals surface area contributed by atoms with Crippen LogP contribution in [0.5, 0.6) is 0 Å². The fraction of sp³-hybridized carbons (Fsp3) is 0.333. The number of amides is 2. The Morgan fingerprint density at radius 1 is 1.22 bits per heavy atom. The van der Waals surface area contributed by atoms with Gasteiger partial charge in [0.25, 0.3) is 0 Å². The van der Waals surface area contributed by atoms with Crippen LogP contribution in [0.3, 0.4) is 0 Å². The van der Waals surface area contributed by atoms with Crippen molar-refractivity contribution in [3.63, 3.8) is 0 Å². The first-order valence-corrected chi connectivity index (χ1v) is 10.3. The van der Waals surface area contributed by atoms with E-state index in [0.29, 0.717) is 28.9 Å². The van der Waals surface area contributed by atoms with E-state index < -0.39 is 29.6 Å². The molecule has 1 aromatic carbocycles. The van der Waals surface area contributed by atoms with Crippen LogP contribution in [0.4, 0.5) is 10.5 Å². The third-order valence-electron chi connectivity index (χ3n) is 4.87. The summed E-state index contributed by atoms with van der Waals surface area (Å²) in [5, 5.41) is 15.2. The van der Waals surface area contributed by atoms with Crippen molar-refractivity contribution < 1.29 is 24.2 Å². The Balaban J connectivity index is 2.08. The van der Waals surface area contributed by atoms with Crippen molar-refractivity contribution in [2.24, 2.45) is 5.92 Å². The molecule has 2 amide bonds. The molecular formula is C24H27N3O5. The predicted molar refractivity (Wildman–Crippen MR) is 120 cm³/mol. The molecule has 3 N–H and O–H groups in total. The van der Waals surface area contributed by atoms with Crippen molar-refractivity contribution in [2.45, 2.75) is 45.8 Å². The molecule has 0 spiro atoms. The highest BCUT2D eigenvalue weighted by Gasteiger charge is 2.23. The van der Waals surface area contributed by atoms with Crippen molar-refractivity contribution in [3.05, 3.63) is 59.9 Å². The number of anilines is 1. The third-order valence-corrected chi connectivity index (χ3v) is 4.87. The summed E-state index contributed by atoms with van der Waals surface area (Å²) in [5.41, 5.74) is 1.74. The van der Waals surface area contributed by atoms with Gasteiger partial charge in [-0.05, 0) is 63.1 Å². The van der Waals surface area contributed by atoms with Crippen molar-refractivity contribution in [1.82, 2.24) is 10.3 Å². The lowest BCUT2D eigenvalue weighted by molar-refractivity contribution is -0.118. The first kappa shape index (κ1) is 23.0. The lowest BCUT2D eigenvalue weighted by atomic mass is 9.97. The highest BCUT2D eigenvalue weighted by molar-refractivity contribution is 5.99. The van der Waals surface area contributed by atoms with Gasteiger partial charge < -0.3 is 20.5 Å². The maximum Gasteiger partial charge on any atom is 0.408 e. The molecule has 0 saturated heterocycles. The van der Waals surface area contributed by atoms with Gasteiger partial charge in [-0.1, -0.05) is 19.1 Å². The lowest BCUT2D eigenvalue weighted by Gasteiger charge is -2.23. The van der Waals surface area contributed by atoms with Gasteiger partial charge in [-0.2, -0.15) is 0 Å². The normalized spacial score (nSPS) is 19.4. The second kappa shape index (κ2) is 9.21. The summed E-state index contributed by atoms with van der Waals surface area (Å²) in [5.74, 6) is -1.73. The number of ether oxygens (including phenoxy) is 1. The second-order valence-electron chi connectivity index (χ2n) is 8.68. The molecule has 1 aliphatic heterocycles. The number of carbonyl (C=O) groups is 3. The molecule has 0 saturated carbocycles. The van der Waals surface area contributed by atoms with Gasteiger partial charge >= 0.3 is 12.1 Å². The minimum atomic E-state index is -1.07. The molecule has 8 nitrogen and oxygen atoms in total. The van der Waals surface area contributed by atoms with Crippen molar-refractivity contribution in [3.8, 4) is 11.1 Å². The number of carbonyl (C=O) groups excluding carboxylic acids is 2. The molecule has 0 fully saturated rings. The molecule has 3 rings (SSSR count). The minimum absolute atomic E-state index is 0.0971. The SMILES string of the molecule is C[C@@H]1/C=C/C[C@H](NC(=O)OC(C)(C)C)c2cc(ccn2)-c2cc(C(=O)O)ccc2NC1=O. The van der Waals surface area contributed by atoms with Crippen LogP contribution in [0, 0.1) is 5.92 Å². The average molecular weight is 437 g/mol. The summed E-state index contributed by atoms with van der Waals surface area (Å²) < 4.78 is 5.39. The Morgan fingerprint density at radius 2 is 1.97 bits per heavy atom. The molecule has 2 aromatic rings. The van der Waals surface area contributed by atoms with Gasteiger partial charge in [0, 0.05) is 17.4 Å². The zero-order valence-corrected chi connectivity index (χ0v) is 18.5. The molecule has 8 heteroatoms. The number of pyridine rings is 1. The maximum absolute atomic E-state index is 12.7. The van der Waals surface area contributed by atoms with Crippen molar-refractivity contribution in [1.29, 1.82) is 0 Å². The Kier molecular flexibility index (Phi) is 6.62. The second-order valence-corrected chi connectivity index (χ2v) is 8.68. The number of nitrogens with zero attached hydrogens (tertiary/aromatic N) is 1. The number of nitrogens with one attached hydrogen (secondary N) is 2. The predicted octanol–water partition coefficient (Wildman–Crippen LogP) is 4.55. The topological polar surface area (TPSA) is 118 Å². The van der Waals surface area contributed by atoms with E-state index in [4.69, 9.17) is 4.74 Å². The fourth-order valence-corrected chi connectivity index (χ4v) is 3.29. The van der Waals surface area contributed by atoms with Gasteiger partial charge in [0.2, 0.25) is 5.91 Å². The Hall–Kier alpha value is -3.68. The fourth-order valence-electron chi connectivity index (χ4n) is 3.29. The molecule has 0 unspecified atom stereocenters. The maximum atomic E-state index is 12.7. The number of alkyl carbamates (subject to hydrolysis) is 1. The Bertz CT molecular complexity index is 1070. The van der Waals surface area contributed by atoms with Crippen LogP contribution in [0.1, 0.15) is 56.2 Å². The smallest absolute Gasteiger partial charge is 0.408 e. The molecule has 0 aliphatic carbocycles. The van der Waals surface area contributed by atoms with Gasteiger partial charge in [-0.3, -0.25) is 9.78 Å². The number of rotatable bonds is 2. The number of benzene rings is 1. The number of hydrogen-bond acceptors (Lipinski definition) is 5. The van der Waals surface area contributed by atoms with E-state index in [-0.39, 0.29) is 11.5 Å². The van der Waals surface area contributed by atoms with Gasteiger partial charge in [-0.15, -0.1) is 0 Å². The summed E-state index contributed by atoms with van der Waals surface area (Å²) >= 11 is 0. The molecule has 168 valence electrons. The largest absolute Gasteiger partial charge is 0.478 e. The van der Waals surface area contributed by atoms with E-state index in [9.17, 15) is 19.5 Å². The zero-order valence-electron chi connectivity index (χ0n) is 18.5. The average Bonchev–Trinajstić information content (AvgIpc) is 2.71. The first-order chi connectivity index (χ1) is 15.0. The summed E-state index contributed by atoms with van der Waals surface area (Å²) in [7, 11) is 0. The molecule has 2 heterocycles. The van der Waals surface area contributed by atoms with Crippen LogP contribution < -0.4 is 10.6 Å². The number of hydrogen-bond donors (Lipinski definition) is 3. The van der Waals surface area contributed by atoms with Crippen LogP contribution >= 0.6 is 0 Å². The number of aromatic carboxylic acids is 1. The standard InChI is InChI=1S/C24H27N3O5/c1-14-6-5-7-19(27-23(31)32-24(2,3)4)20-13-15(10-11-25-20)17-12-16(22(29)30)8-9-18(17)26-21(14)28/h5-6,8-14,19H,7H2,1-4H3,(H,26,28)(H,27,31)(H,29,30)/b6-5+/t14-,19+/m1/s1. The van der Waals surface area contributed by atoms with E-state index in [0.717, 1.165) is 0 Å². The lowest BCUT2D eigenvalue weighted by Crippen LogP contribution is -2.35. The van der Waals surface area contributed by atoms with E-state index in [1.54, 1.807) is 58.2 Å². The molecular weight excluding hydrogens is 410 g/mol. The van der Waals surface area contributed by atoms with Crippen LogP contribution in [-0.2, 0) is 9.53 Å². The van der Waals surface area contributed by atoms with Crippen LogP contribution in [0.2, 0.25) is 0 Å². The molecule has 32 heavy (non-hydrogen) atoms. The van der Waals surface area contributed by atoms with E-state index in [1.165, 1.54) is 12.1 Å². The van der Waals surface area contributed by atoms with Crippen molar-refractivity contribution >= 4 is 23.7 Å². The third kappa shape index (κ3) is 5.72. The number of fused-ring (bicyclic) bond motifs is 4. The number of aromatic nitrogens is 1. The summed E-state index contributed by atoms with van der Waals surface area (Å²) in [6.45, 7) is 7.10.